The third-order valence-corrected chi connectivity index (χ3v) is 3.97. The number of halogens is 1. The van der Waals surface area contributed by atoms with E-state index < -0.39 is 0 Å². The van der Waals surface area contributed by atoms with Gasteiger partial charge in [-0.15, -0.1) is 0 Å². The predicted octanol–water partition coefficient (Wildman–Crippen LogP) is 4.07. The standard InChI is InChI=1S/C17H24ClN3/c1-4-11-19-12-5-6-17-13(2)20-21(14(17)3)16-9-7-15(18)8-10-16/h7-10,19H,4-6,11-12H2,1-3H3. The van der Waals surface area contributed by atoms with Gasteiger partial charge in [0.2, 0.25) is 0 Å². The summed E-state index contributed by atoms with van der Waals surface area (Å²) in [6, 6.07) is 7.83. The van der Waals surface area contributed by atoms with Gasteiger partial charge in [-0.25, -0.2) is 4.68 Å². The van der Waals surface area contributed by atoms with E-state index in [9.17, 15) is 0 Å². The van der Waals surface area contributed by atoms with E-state index in [1.165, 1.54) is 17.7 Å². The molecule has 114 valence electrons. The molecule has 0 aliphatic rings. The van der Waals surface area contributed by atoms with Crippen molar-refractivity contribution in [1.29, 1.82) is 0 Å². The van der Waals surface area contributed by atoms with Gasteiger partial charge in [-0.3, -0.25) is 0 Å². The van der Waals surface area contributed by atoms with Gasteiger partial charge in [0, 0.05) is 10.7 Å². The lowest BCUT2D eigenvalue weighted by Gasteiger charge is -2.06. The van der Waals surface area contributed by atoms with Gasteiger partial charge in [-0.1, -0.05) is 18.5 Å². The van der Waals surface area contributed by atoms with Crippen molar-refractivity contribution in [2.75, 3.05) is 13.1 Å². The lowest BCUT2D eigenvalue weighted by molar-refractivity contribution is 0.638. The number of hydrogen-bond donors (Lipinski definition) is 1. The summed E-state index contributed by atoms with van der Waals surface area (Å²) in [5.41, 5.74) is 4.78. The van der Waals surface area contributed by atoms with Crippen molar-refractivity contribution in [3.63, 3.8) is 0 Å². The van der Waals surface area contributed by atoms with Gasteiger partial charge in [0.1, 0.15) is 0 Å². The molecule has 0 saturated heterocycles. The SMILES string of the molecule is CCCNCCCc1c(C)nn(-c2ccc(Cl)cc2)c1C. The summed E-state index contributed by atoms with van der Waals surface area (Å²) in [7, 11) is 0. The van der Waals surface area contributed by atoms with Crippen molar-refractivity contribution in [3.05, 3.63) is 46.2 Å². The Balaban J connectivity index is 2.08. The molecule has 1 aromatic carbocycles. The summed E-state index contributed by atoms with van der Waals surface area (Å²) in [5, 5.41) is 8.88. The van der Waals surface area contributed by atoms with E-state index in [2.05, 4.69) is 31.2 Å². The zero-order chi connectivity index (χ0) is 15.2. The first kappa shape index (κ1) is 16.1. The Bertz CT molecular complexity index is 572. The number of benzene rings is 1. The molecule has 4 heteroatoms. The second kappa shape index (κ2) is 7.62. The van der Waals surface area contributed by atoms with Crippen LogP contribution >= 0.6 is 11.6 Å². The Morgan fingerprint density at radius 3 is 2.52 bits per heavy atom. The first-order chi connectivity index (χ1) is 10.1. The Labute approximate surface area is 132 Å². The third-order valence-electron chi connectivity index (χ3n) is 3.72. The normalized spacial score (nSPS) is 11.0. The molecule has 1 aromatic heterocycles. The fraction of sp³-hybridized carbons (Fsp3) is 0.471. The molecule has 1 heterocycles. The molecule has 0 radical (unpaired) electrons. The minimum Gasteiger partial charge on any atom is -0.317 e. The topological polar surface area (TPSA) is 29.9 Å². The number of aryl methyl sites for hydroxylation is 1. The highest BCUT2D eigenvalue weighted by atomic mass is 35.5. The molecule has 0 fully saturated rings. The number of rotatable bonds is 7. The molecule has 3 nitrogen and oxygen atoms in total. The van der Waals surface area contributed by atoms with E-state index in [0.29, 0.717) is 0 Å². The Kier molecular flexibility index (Phi) is 5.83. The lowest BCUT2D eigenvalue weighted by Crippen LogP contribution is -2.16. The summed E-state index contributed by atoms with van der Waals surface area (Å²) in [5.74, 6) is 0. The van der Waals surface area contributed by atoms with Gasteiger partial charge in [0.05, 0.1) is 11.4 Å². The summed E-state index contributed by atoms with van der Waals surface area (Å²) in [4.78, 5) is 0. The zero-order valence-corrected chi connectivity index (χ0v) is 13.9. The molecule has 2 rings (SSSR count). The van der Waals surface area contributed by atoms with Crippen LogP contribution in [0, 0.1) is 13.8 Å². The Morgan fingerprint density at radius 1 is 1.14 bits per heavy atom. The average molecular weight is 306 g/mol. The van der Waals surface area contributed by atoms with Crippen molar-refractivity contribution in [3.8, 4) is 5.69 Å². The highest BCUT2D eigenvalue weighted by Crippen LogP contribution is 2.20. The van der Waals surface area contributed by atoms with E-state index in [1.54, 1.807) is 0 Å². The van der Waals surface area contributed by atoms with E-state index in [4.69, 9.17) is 11.6 Å². The van der Waals surface area contributed by atoms with Crippen LogP contribution in [0.2, 0.25) is 5.02 Å². The molecule has 0 aliphatic carbocycles. The molecule has 0 atom stereocenters. The number of hydrogen-bond acceptors (Lipinski definition) is 2. The van der Waals surface area contributed by atoms with Crippen molar-refractivity contribution in [2.45, 2.75) is 40.0 Å². The molecule has 21 heavy (non-hydrogen) atoms. The van der Waals surface area contributed by atoms with Gasteiger partial charge < -0.3 is 5.32 Å². The van der Waals surface area contributed by atoms with Gasteiger partial charge in [0.15, 0.2) is 0 Å². The minimum absolute atomic E-state index is 0.752. The second-order valence-corrected chi connectivity index (χ2v) is 5.83. The molecule has 0 aliphatic heterocycles. The van der Waals surface area contributed by atoms with Crippen molar-refractivity contribution < 1.29 is 0 Å². The molecule has 2 aromatic rings. The largest absolute Gasteiger partial charge is 0.317 e. The van der Waals surface area contributed by atoms with Crippen LogP contribution in [-0.2, 0) is 6.42 Å². The van der Waals surface area contributed by atoms with E-state index in [0.717, 1.165) is 42.3 Å². The van der Waals surface area contributed by atoms with Crippen LogP contribution < -0.4 is 5.32 Å². The van der Waals surface area contributed by atoms with Gasteiger partial charge >= 0.3 is 0 Å². The van der Waals surface area contributed by atoms with Crippen LogP contribution in [0.25, 0.3) is 5.69 Å². The molecule has 0 spiro atoms. The van der Waals surface area contributed by atoms with Crippen LogP contribution in [0.5, 0.6) is 0 Å². The fourth-order valence-electron chi connectivity index (χ4n) is 2.56. The quantitative estimate of drug-likeness (QED) is 0.781. The fourth-order valence-corrected chi connectivity index (χ4v) is 2.69. The van der Waals surface area contributed by atoms with E-state index >= 15 is 0 Å². The number of aromatic nitrogens is 2. The Hall–Kier alpha value is -1.32. The summed E-state index contributed by atoms with van der Waals surface area (Å²) in [6.07, 6.45) is 3.41. The highest BCUT2D eigenvalue weighted by Gasteiger charge is 2.12. The van der Waals surface area contributed by atoms with Crippen LogP contribution in [0.3, 0.4) is 0 Å². The maximum absolute atomic E-state index is 5.95. The average Bonchev–Trinajstić information content (AvgIpc) is 2.75. The molecule has 0 saturated carbocycles. The summed E-state index contributed by atoms with van der Waals surface area (Å²) in [6.45, 7) is 8.59. The van der Waals surface area contributed by atoms with Gasteiger partial charge in [-0.05, 0) is 76.0 Å². The third kappa shape index (κ3) is 4.08. The number of nitrogens with zero attached hydrogens (tertiary/aromatic N) is 2. The molecule has 0 amide bonds. The van der Waals surface area contributed by atoms with Crippen molar-refractivity contribution in [1.82, 2.24) is 15.1 Å². The minimum atomic E-state index is 0.752. The first-order valence-electron chi connectivity index (χ1n) is 7.65. The van der Waals surface area contributed by atoms with Crippen molar-refractivity contribution in [2.24, 2.45) is 0 Å². The zero-order valence-electron chi connectivity index (χ0n) is 13.1. The lowest BCUT2D eigenvalue weighted by atomic mass is 10.1. The number of nitrogens with one attached hydrogen (secondary N) is 1. The summed E-state index contributed by atoms with van der Waals surface area (Å²) < 4.78 is 2.01. The highest BCUT2D eigenvalue weighted by molar-refractivity contribution is 6.30. The van der Waals surface area contributed by atoms with Crippen LogP contribution in [0.4, 0.5) is 0 Å². The molecular weight excluding hydrogens is 282 g/mol. The predicted molar refractivity (Wildman–Crippen MR) is 89.5 cm³/mol. The smallest absolute Gasteiger partial charge is 0.0649 e. The van der Waals surface area contributed by atoms with E-state index in [-0.39, 0.29) is 0 Å². The van der Waals surface area contributed by atoms with Gasteiger partial charge in [-0.2, -0.15) is 5.10 Å². The maximum atomic E-state index is 5.95. The second-order valence-electron chi connectivity index (χ2n) is 5.39. The molecular formula is C17H24ClN3. The molecule has 0 bridgehead atoms. The van der Waals surface area contributed by atoms with Crippen LogP contribution in [0.15, 0.2) is 24.3 Å². The monoisotopic (exact) mass is 305 g/mol. The summed E-state index contributed by atoms with van der Waals surface area (Å²) >= 11 is 5.95. The molecule has 1 N–H and O–H groups in total. The van der Waals surface area contributed by atoms with Gasteiger partial charge in [0.25, 0.3) is 0 Å². The van der Waals surface area contributed by atoms with Crippen LogP contribution in [0.1, 0.15) is 36.7 Å². The van der Waals surface area contributed by atoms with E-state index in [1.807, 2.05) is 28.9 Å². The van der Waals surface area contributed by atoms with Crippen LogP contribution in [-0.4, -0.2) is 22.9 Å². The maximum Gasteiger partial charge on any atom is 0.0649 e. The molecule has 0 unspecified atom stereocenters. The first-order valence-corrected chi connectivity index (χ1v) is 8.03. The Morgan fingerprint density at radius 2 is 1.86 bits per heavy atom. The van der Waals surface area contributed by atoms with Crippen molar-refractivity contribution >= 4 is 11.6 Å².